The predicted octanol–water partition coefficient (Wildman–Crippen LogP) is 1.41. The number of nitrogens with one attached hydrogen (secondary N) is 1. The van der Waals surface area contributed by atoms with Crippen molar-refractivity contribution >= 4 is 11.9 Å². The number of aromatic nitrogens is 1. The highest BCUT2D eigenvalue weighted by atomic mass is 16.4. The predicted molar refractivity (Wildman–Crippen MR) is 79.1 cm³/mol. The third-order valence-electron chi connectivity index (χ3n) is 3.20. The standard InChI is InChI=1S/C15H22N2O4/c1-4-12(17-8-6-5-7-13(17)18)14(19)16-11(15(20)21)9-10(2)3/h5-8,10-12H,4,9H2,1-3H3,(H,16,19)(H,20,21). The number of aliphatic carboxylic acids is 1. The van der Waals surface area contributed by atoms with Crippen LogP contribution in [0.3, 0.4) is 0 Å². The molecule has 0 aliphatic heterocycles. The maximum atomic E-state index is 12.3. The van der Waals surface area contributed by atoms with Crippen LogP contribution in [0.15, 0.2) is 29.2 Å². The van der Waals surface area contributed by atoms with E-state index in [1.807, 2.05) is 13.8 Å². The van der Waals surface area contributed by atoms with E-state index in [1.54, 1.807) is 19.1 Å². The summed E-state index contributed by atoms with van der Waals surface area (Å²) in [6, 6.07) is 3.00. The third kappa shape index (κ3) is 4.73. The van der Waals surface area contributed by atoms with Gasteiger partial charge >= 0.3 is 5.97 Å². The summed E-state index contributed by atoms with van der Waals surface area (Å²) < 4.78 is 1.32. The number of carboxylic acid groups (broad SMARTS) is 1. The van der Waals surface area contributed by atoms with Crippen LogP contribution < -0.4 is 10.9 Å². The molecule has 0 aliphatic rings. The highest BCUT2D eigenvalue weighted by Gasteiger charge is 2.26. The molecular weight excluding hydrogens is 272 g/mol. The van der Waals surface area contributed by atoms with E-state index in [2.05, 4.69) is 5.32 Å². The summed E-state index contributed by atoms with van der Waals surface area (Å²) in [5.74, 6) is -1.36. The van der Waals surface area contributed by atoms with Crippen molar-refractivity contribution < 1.29 is 14.7 Å². The lowest BCUT2D eigenvalue weighted by atomic mass is 10.0. The number of hydrogen-bond donors (Lipinski definition) is 2. The molecule has 0 aliphatic carbocycles. The molecule has 116 valence electrons. The highest BCUT2D eigenvalue weighted by Crippen LogP contribution is 2.11. The molecule has 0 spiro atoms. The molecule has 0 bridgehead atoms. The van der Waals surface area contributed by atoms with Gasteiger partial charge in [-0.15, -0.1) is 0 Å². The Morgan fingerprint density at radius 2 is 2.00 bits per heavy atom. The molecule has 0 saturated carbocycles. The minimum Gasteiger partial charge on any atom is -0.480 e. The first-order valence-corrected chi connectivity index (χ1v) is 7.07. The van der Waals surface area contributed by atoms with Gasteiger partial charge in [0.2, 0.25) is 5.91 Å². The Bertz CT molecular complexity index is 551. The zero-order chi connectivity index (χ0) is 16.0. The summed E-state index contributed by atoms with van der Waals surface area (Å²) in [4.78, 5) is 35.3. The van der Waals surface area contributed by atoms with Gasteiger partial charge in [-0.2, -0.15) is 0 Å². The van der Waals surface area contributed by atoms with Crippen LogP contribution in [0, 0.1) is 5.92 Å². The third-order valence-corrected chi connectivity index (χ3v) is 3.20. The van der Waals surface area contributed by atoms with Crippen molar-refractivity contribution in [2.24, 2.45) is 5.92 Å². The van der Waals surface area contributed by atoms with Crippen molar-refractivity contribution in [3.05, 3.63) is 34.7 Å². The lowest BCUT2D eigenvalue weighted by Gasteiger charge is -2.22. The molecule has 1 aromatic rings. The first-order chi connectivity index (χ1) is 9.86. The number of amides is 1. The van der Waals surface area contributed by atoms with Crippen LogP contribution in [0.1, 0.15) is 39.7 Å². The van der Waals surface area contributed by atoms with Gasteiger partial charge in [0.05, 0.1) is 0 Å². The number of rotatable bonds is 7. The number of carbonyl (C=O) groups excluding carboxylic acids is 1. The van der Waals surface area contributed by atoms with Crippen LogP contribution in [-0.4, -0.2) is 27.6 Å². The van der Waals surface area contributed by atoms with Gasteiger partial charge in [-0.1, -0.05) is 26.8 Å². The Labute approximate surface area is 123 Å². The molecule has 2 atom stereocenters. The van der Waals surface area contributed by atoms with Gasteiger partial charge in [-0.3, -0.25) is 9.59 Å². The molecule has 2 N–H and O–H groups in total. The van der Waals surface area contributed by atoms with Crippen molar-refractivity contribution in [1.82, 2.24) is 9.88 Å². The summed E-state index contributed by atoms with van der Waals surface area (Å²) in [6.07, 6.45) is 2.29. The van der Waals surface area contributed by atoms with Crippen molar-refractivity contribution in [3.63, 3.8) is 0 Å². The molecule has 2 unspecified atom stereocenters. The fourth-order valence-electron chi connectivity index (χ4n) is 2.17. The topological polar surface area (TPSA) is 88.4 Å². The van der Waals surface area contributed by atoms with E-state index >= 15 is 0 Å². The van der Waals surface area contributed by atoms with Gasteiger partial charge in [-0.05, 0) is 24.8 Å². The van der Waals surface area contributed by atoms with E-state index < -0.39 is 24.0 Å². The Balaban J connectivity index is 2.91. The van der Waals surface area contributed by atoms with Gasteiger partial charge in [0, 0.05) is 12.3 Å². The van der Waals surface area contributed by atoms with Crippen LogP contribution in [-0.2, 0) is 9.59 Å². The van der Waals surface area contributed by atoms with E-state index in [1.165, 1.54) is 16.8 Å². The molecule has 6 nitrogen and oxygen atoms in total. The number of carboxylic acids is 1. The Morgan fingerprint density at radius 3 is 2.48 bits per heavy atom. The normalized spacial score (nSPS) is 13.7. The minimum atomic E-state index is -1.06. The van der Waals surface area contributed by atoms with Crippen molar-refractivity contribution in [2.45, 2.75) is 45.7 Å². The monoisotopic (exact) mass is 294 g/mol. The number of hydrogen-bond acceptors (Lipinski definition) is 3. The smallest absolute Gasteiger partial charge is 0.326 e. The first kappa shape index (κ1) is 16.9. The maximum absolute atomic E-state index is 12.3. The fourth-order valence-corrected chi connectivity index (χ4v) is 2.17. The molecule has 0 radical (unpaired) electrons. The van der Waals surface area contributed by atoms with E-state index in [0.717, 1.165) is 0 Å². The van der Waals surface area contributed by atoms with Crippen molar-refractivity contribution in [3.8, 4) is 0 Å². The largest absolute Gasteiger partial charge is 0.480 e. The van der Waals surface area contributed by atoms with Crippen LogP contribution in [0.5, 0.6) is 0 Å². The van der Waals surface area contributed by atoms with E-state index in [0.29, 0.717) is 12.8 Å². The average Bonchev–Trinajstić information content (AvgIpc) is 2.40. The summed E-state index contributed by atoms with van der Waals surface area (Å²) in [7, 11) is 0. The first-order valence-electron chi connectivity index (χ1n) is 7.07. The molecule has 6 heteroatoms. The number of nitrogens with zero attached hydrogens (tertiary/aromatic N) is 1. The Morgan fingerprint density at radius 1 is 1.33 bits per heavy atom. The Kier molecular flexibility index (Phi) is 6.14. The highest BCUT2D eigenvalue weighted by molar-refractivity contribution is 5.85. The molecule has 1 aromatic heterocycles. The molecule has 21 heavy (non-hydrogen) atoms. The van der Waals surface area contributed by atoms with E-state index in [9.17, 15) is 14.4 Å². The fraction of sp³-hybridized carbons (Fsp3) is 0.533. The van der Waals surface area contributed by atoms with Crippen LogP contribution in [0.2, 0.25) is 0 Å². The van der Waals surface area contributed by atoms with E-state index in [-0.39, 0.29) is 11.5 Å². The molecule has 0 aromatic carbocycles. The Hall–Kier alpha value is -2.11. The van der Waals surface area contributed by atoms with Gasteiger partial charge in [0.15, 0.2) is 0 Å². The summed E-state index contributed by atoms with van der Waals surface area (Å²) in [6.45, 7) is 5.56. The molecule has 0 saturated heterocycles. The summed E-state index contributed by atoms with van der Waals surface area (Å²) in [5.41, 5.74) is -0.282. The van der Waals surface area contributed by atoms with Crippen LogP contribution in [0.4, 0.5) is 0 Å². The SMILES string of the molecule is CCC(C(=O)NC(CC(C)C)C(=O)O)n1ccccc1=O. The second-order valence-corrected chi connectivity index (χ2v) is 5.40. The lowest BCUT2D eigenvalue weighted by molar-refractivity contribution is -0.142. The average molecular weight is 294 g/mol. The van der Waals surface area contributed by atoms with Gasteiger partial charge in [-0.25, -0.2) is 4.79 Å². The van der Waals surface area contributed by atoms with Gasteiger partial charge in [0.25, 0.3) is 5.56 Å². The molecule has 1 amide bonds. The lowest BCUT2D eigenvalue weighted by Crippen LogP contribution is -2.46. The number of carbonyl (C=O) groups is 2. The molecular formula is C15H22N2O4. The van der Waals surface area contributed by atoms with Crippen LogP contribution in [0.25, 0.3) is 0 Å². The van der Waals surface area contributed by atoms with Gasteiger partial charge in [0.1, 0.15) is 12.1 Å². The number of pyridine rings is 1. The quantitative estimate of drug-likeness (QED) is 0.796. The molecule has 1 heterocycles. The minimum absolute atomic E-state index is 0.144. The second-order valence-electron chi connectivity index (χ2n) is 5.40. The van der Waals surface area contributed by atoms with E-state index in [4.69, 9.17) is 5.11 Å². The van der Waals surface area contributed by atoms with Crippen LogP contribution >= 0.6 is 0 Å². The van der Waals surface area contributed by atoms with Crippen molar-refractivity contribution in [1.29, 1.82) is 0 Å². The zero-order valence-corrected chi connectivity index (χ0v) is 12.6. The zero-order valence-electron chi connectivity index (χ0n) is 12.6. The van der Waals surface area contributed by atoms with Crippen molar-refractivity contribution in [2.75, 3.05) is 0 Å². The molecule has 0 fully saturated rings. The van der Waals surface area contributed by atoms with Gasteiger partial charge < -0.3 is 15.0 Å². The maximum Gasteiger partial charge on any atom is 0.326 e. The second kappa shape index (κ2) is 7.61. The summed E-state index contributed by atoms with van der Waals surface area (Å²) >= 11 is 0. The summed E-state index contributed by atoms with van der Waals surface area (Å²) in [5, 5.41) is 11.7. The molecule has 1 rings (SSSR count).